The quantitative estimate of drug-likeness (QED) is 0.591. The smallest absolute Gasteiger partial charge is 0.309 e. The molecule has 8 nitrogen and oxygen atoms in total. The summed E-state index contributed by atoms with van der Waals surface area (Å²) in [7, 11) is 0. The lowest BCUT2D eigenvalue weighted by molar-refractivity contribution is -0.136. The summed E-state index contributed by atoms with van der Waals surface area (Å²) in [6.45, 7) is 0. The first kappa shape index (κ1) is 9.58. The number of nitrogens with zero attached hydrogens (tertiary/aromatic N) is 4. The summed E-state index contributed by atoms with van der Waals surface area (Å²) in [5.41, 5.74) is 1.99. The Hall–Kier alpha value is -2.64. The molecule has 0 atom stereocenters. The van der Waals surface area contributed by atoms with Crippen LogP contribution in [0.25, 0.3) is 17.2 Å². The van der Waals surface area contributed by atoms with E-state index < -0.39 is 5.97 Å². The van der Waals surface area contributed by atoms with E-state index in [0.717, 1.165) is 5.69 Å². The van der Waals surface area contributed by atoms with Crippen LogP contribution in [-0.4, -0.2) is 40.9 Å². The number of carboxylic acids is 1. The van der Waals surface area contributed by atoms with Crippen molar-refractivity contribution in [1.82, 2.24) is 29.8 Å². The number of aromatic amines is 2. The third kappa shape index (κ3) is 1.55. The fourth-order valence-electron chi connectivity index (χ4n) is 1.66. The van der Waals surface area contributed by atoms with Crippen LogP contribution in [0.15, 0.2) is 18.6 Å². The van der Waals surface area contributed by atoms with E-state index in [1.165, 1.54) is 6.20 Å². The molecule has 3 N–H and O–H groups in total. The lowest BCUT2D eigenvalue weighted by atomic mass is 10.3. The van der Waals surface area contributed by atoms with Gasteiger partial charge < -0.3 is 10.1 Å². The van der Waals surface area contributed by atoms with Gasteiger partial charge >= 0.3 is 5.97 Å². The van der Waals surface area contributed by atoms with Gasteiger partial charge in [-0.05, 0) is 0 Å². The predicted molar refractivity (Wildman–Crippen MR) is 56.3 cm³/mol. The third-order valence-electron chi connectivity index (χ3n) is 2.40. The molecular formula is C9H8N6O2. The highest BCUT2D eigenvalue weighted by molar-refractivity contribution is 5.70. The number of aliphatic carboxylic acids is 1. The van der Waals surface area contributed by atoms with Gasteiger partial charge in [-0.15, -0.1) is 0 Å². The molecule has 0 aliphatic carbocycles. The maximum atomic E-state index is 10.7. The van der Waals surface area contributed by atoms with Crippen LogP contribution < -0.4 is 0 Å². The van der Waals surface area contributed by atoms with Gasteiger partial charge in [0.05, 0.1) is 30.2 Å². The van der Waals surface area contributed by atoms with E-state index >= 15 is 0 Å². The van der Waals surface area contributed by atoms with E-state index in [1.807, 2.05) is 0 Å². The van der Waals surface area contributed by atoms with Crippen molar-refractivity contribution in [3.63, 3.8) is 0 Å². The predicted octanol–water partition coefficient (Wildman–Crippen LogP) is 0.0746. The van der Waals surface area contributed by atoms with Gasteiger partial charge in [0.1, 0.15) is 5.69 Å². The summed E-state index contributed by atoms with van der Waals surface area (Å²) < 4.78 is 1.69. The Labute approximate surface area is 94.3 Å². The summed E-state index contributed by atoms with van der Waals surface area (Å²) in [5, 5.41) is 18.9. The Balaban J connectivity index is 2.08. The Bertz CT molecular complexity index is 665. The first-order valence-corrected chi connectivity index (χ1v) is 4.87. The third-order valence-corrected chi connectivity index (χ3v) is 2.40. The van der Waals surface area contributed by atoms with Gasteiger partial charge in [-0.3, -0.25) is 9.20 Å². The topological polar surface area (TPSA) is 112 Å². The molecule has 0 unspecified atom stereocenters. The number of H-pyrrole nitrogens is 2. The lowest BCUT2D eigenvalue weighted by Gasteiger charge is -1.92. The number of hydrogen-bond donors (Lipinski definition) is 3. The van der Waals surface area contributed by atoms with Gasteiger partial charge in [0.15, 0.2) is 0 Å². The van der Waals surface area contributed by atoms with Crippen LogP contribution in [0, 0.1) is 0 Å². The second-order valence-electron chi connectivity index (χ2n) is 3.54. The monoisotopic (exact) mass is 232 g/mol. The molecule has 0 fully saturated rings. The summed E-state index contributed by atoms with van der Waals surface area (Å²) in [5.74, 6) is -0.310. The Kier molecular flexibility index (Phi) is 1.94. The molecule has 0 saturated carbocycles. The fourth-order valence-corrected chi connectivity index (χ4v) is 1.66. The molecule has 0 spiro atoms. The van der Waals surface area contributed by atoms with Gasteiger partial charge in [0.25, 0.3) is 0 Å². The molecule has 0 bridgehead atoms. The molecule has 3 heterocycles. The van der Waals surface area contributed by atoms with E-state index in [2.05, 4.69) is 25.4 Å². The standard InChI is InChI=1S/C9H8N6O2/c16-8(17)1-5-2-10-9-12-7(4-15(5)9)6-3-11-14-13-6/h2-4H,1H2,(H,10,12)(H,16,17)(H,11,13,14). The molecule has 3 aromatic rings. The highest BCUT2D eigenvalue weighted by Gasteiger charge is 2.11. The van der Waals surface area contributed by atoms with Crippen LogP contribution in [0.5, 0.6) is 0 Å². The second-order valence-corrected chi connectivity index (χ2v) is 3.54. The lowest BCUT2D eigenvalue weighted by Crippen LogP contribution is -2.02. The summed E-state index contributed by atoms with van der Waals surface area (Å²) >= 11 is 0. The van der Waals surface area contributed by atoms with Crippen molar-refractivity contribution in [2.24, 2.45) is 0 Å². The normalized spacial score (nSPS) is 11.1. The zero-order chi connectivity index (χ0) is 11.8. The average Bonchev–Trinajstić information content (AvgIpc) is 2.93. The van der Waals surface area contributed by atoms with E-state index in [0.29, 0.717) is 17.2 Å². The maximum absolute atomic E-state index is 10.7. The Morgan fingerprint density at radius 1 is 1.47 bits per heavy atom. The van der Waals surface area contributed by atoms with Crippen LogP contribution in [-0.2, 0) is 11.2 Å². The summed E-state index contributed by atoms with van der Waals surface area (Å²) in [4.78, 5) is 17.8. The number of imidazole rings is 2. The number of nitrogens with one attached hydrogen (secondary N) is 2. The molecule has 0 aliphatic rings. The van der Waals surface area contributed by atoms with Crippen LogP contribution in [0.1, 0.15) is 5.69 Å². The average molecular weight is 232 g/mol. The molecule has 8 heteroatoms. The zero-order valence-electron chi connectivity index (χ0n) is 8.58. The van der Waals surface area contributed by atoms with Crippen molar-refractivity contribution >= 4 is 11.7 Å². The maximum Gasteiger partial charge on any atom is 0.309 e. The molecule has 0 saturated heterocycles. The van der Waals surface area contributed by atoms with Crippen molar-refractivity contribution < 1.29 is 9.90 Å². The second kappa shape index (κ2) is 3.44. The Morgan fingerprint density at radius 2 is 2.35 bits per heavy atom. The van der Waals surface area contributed by atoms with Crippen molar-refractivity contribution in [3.05, 3.63) is 24.3 Å². The van der Waals surface area contributed by atoms with Crippen molar-refractivity contribution in [1.29, 1.82) is 0 Å². The summed E-state index contributed by atoms with van der Waals surface area (Å²) in [6, 6.07) is 0. The van der Waals surface area contributed by atoms with Crippen molar-refractivity contribution in [3.8, 4) is 11.4 Å². The number of aromatic nitrogens is 6. The molecule has 86 valence electrons. The van der Waals surface area contributed by atoms with Crippen molar-refractivity contribution in [2.45, 2.75) is 6.42 Å². The minimum Gasteiger partial charge on any atom is -0.481 e. The van der Waals surface area contributed by atoms with Gasteiger partial charge in [-0.1, -0.05) is 0 Å². The molecule has 0 amide bonds. The van der Waals surface area contributed by atoms with Crippen LogP contribution in [0.2, 0.25) is 0 Å². The first-order valence-electron chi connectivity index (χ1n) is 4.87. The number of carboxylic acid groups (broad SMARTS) is 1. The Morgan fingerprint density at radius 3 is 3.06 bits per heavy atom. The minimum absolute atomic E-state index is 0.0721. The molecule has 0 radical (unpaired) electrons. The van der Waals surface area contributed by atoms with Gasteiger partial charge in [0, 0.05) is 6.20 Å². The van der Waals surface area contributed by atoms with E-state index in [-0.39, 0.29) is 6.42 Å². The highest BCUT2D eigenvalue weighted by atomic mass is 16.4. The molecular weight excluding hydrogens is 224 g/mol. The van der Waals surface area contributed by atoms with Crippen LogP contribution in [0.4, 0.5) is 0 Å². The number of carbonyl (C=O) groups is 1. The van der Waals surface area contributed by atoms with Crippen molar-refractivity contribution in [2.75, 3.05) is 0 Å². The van der Waals surface area contributed by atoms with Crippen LogP contribution >= 0.6 is 0 Å². The molecule has 0 aromatic carbocycles. The van der Waals surface area contributed by atoms with Gasteiger partial charge in [-0.2, -0.15) is 15.4 Å². The largest absolute Gasteiger partial charge is 0.481 e. The number of rotatable bonds is 3. The molecule has 3 aromatic heterocycles. The minimum atomic E-state index is -0.893. The van der Waals surface area contributed by atoms with Gasteiger partial charge in [0.2, 0.25) is 5.78 Å². The van der Waals surface area contributed by atoms with Gasteiger partial charge in [-0.25, -0.2) is 4.98 Å². The molecule has 3 rings (SSSR count). The molecule has 17 heavy (non-hydrogen) atoms. The SMILES string of the molecule is O=C(O)Cc1cnc2[nH]c(-c3cn[nH]n3)cn12. The van der Waals surface area contributed by atoms with E-state index in [9.17, 15) is 4.79 Å². The number of fused-ring (bicyclic) bond motifs is 1. The zero-order valence-corrected chi connectivity index (χ0v) is 8.58. The summed E-state index contributed by atoms with van der Waals surface area (Å²) in [6.07, 6.45) is 4.78. The van der Waals surface area contributed by atoms with Crippen LogP contribution in [0.3, 0.4) is 0 Å². The highest BCUT2D eigenvalue weighted by Crippen LogP contribution is 2.16. The van der Waals surface area contributed by atoms with E-state index in [1.54, 1.807) is 16.8 Å². The van der Waals surface area contributed by atoms with E-state index in [4.69, 9.17) is 5.11 Å². The molecule has 0 aliphatic heterocycles. The fraction of sp³-hybridized carbons (Fsp3) is 0.111. The first-order chi connectivity index (χ1) is 8.24. The number of hydrogen-bond acceptors (Lipinski definition) is 4.